The lowest BCUT2D eigenvalue weighted by Gasteiger charge is -2.02. The van der Waals surface area contributed by atoms with Gasteiger partial charge in [0.15, 0.2) is 5.95 Å². The fourth-order valence-electron chi connectivity index (χ4n) is 2.24. The third kappa shape index (κ3) is 4.89. The van der Waals surface area contributed by atoms with Crippen LogP contribution in [0.25, 0.3) is 0 Å². The van der Waals surface area contributed by atoms with Crippen LogP contribution >= 0.6 is 12.4 Å². The lowest BCUT2D eigenvalue weighted by Crippen LogP contribution is -2.02. The number of rotatable bonds is 7. The van der Waals surface area contributed by atoms with E-state index < -0.39 is 0 Å². The molecule has 0 saturated heterocycles. The molecule has 0 fully saturated rings. The predicted octanol–water partition coefficient (Wildman–Crippen LogP) is 3.86. The van der Waals surface area contributed by atoms with E-state index in [4.69, 9.17) is 5.73 Å². The highest BCUT2D eigenvalue weighted by molar-refractivity contribution is 5.85. The second-order valence-corrected chi connectivity index (χ2v) is 4.98. The second kappa shape index (κ2) is 8.64. The molecule has 2 rings (SSSR count). The third-order valence-corrected chi connectivity index (χ3v) is 3.37. The lowest BCUT2D eigenvalue weighted by molar-refractivity contribution is 0.607. The highest BCUT2D eigenvalue weighted by atomic mass is 35.5. The molecular formula is C16H24ClN3. The Morgan fingerprint density at radius 1 is 1.10 bits per heavy atom. The van der Waals surface area contributed by atoms with E-state index in [0.29, 0.717) is 5.95 Å². The van der Waals surface area contributed by atoms with Crippen molar-refractivity contribution in [1.82, 2.24) is 9.55 Å². The van der Waals surface area contributed by atoms with E-state index in [1.165, 1.54) is 24.8 Å². The SMILES string of the molecule is CCCCCn1cc(CCc2ccccc2)nc1N.Cl. The van der Waals surface area contributed by atoms with Crippen molar-refractivity contribution in [3.63, 3.8) is 0 Å². The Morgan fingerprint density at radius 3 is 2.55 bits per heavy atom. The summed E-state index contributed by atoms with van der Waals surface area (Å²) in [6.45, 7) is 3.20. The number of nitrogens with zero attached hydrogens (tertiary/aromatic N) is 2. The summed E-state index contributed by atoms with van der Waals surface area (Å²) in [4.78, 5) is 4.45. The first-order valence-electron chi connectivity index (χ1n) is 7.15. The van der Waals surface area contributed by atoms with Crippen molar-refractivity contribution in [2.24, 2.45) is 0 Å². The lowest BCUT2D eigenvalue weighted by atomic mass is 10.1. The Balaban J connectivity index is 0.00000200. The van der Waals surface area contributed by atoms with Gasteiger partial charge in [-0.3, -0.25) is 0 Å². The van der Waals surface area contributed by atoms with E-state index >= 15 is 0 Å². The van der Waals surface area contributed by atoms with E-state index in [9.17, 15) is 0 Å². The molecule has 0 aliphatic heterocycles. The molecule has 2 N–H and O–H groups in total. The molecule has 3 nitrogen and oxygen atoms in total. The topological polar surface area (TPSA) is 43.8 Å². The Hall–Kier alpha value is -1.48. The minimum absolute atomic E-state index is 0. The summed E-state index contributed by atoms with van der Waals surface area (Å²) in [7, 11) is 0. The highest BCUT2D eigenvalue weighted by Crippen LogP contribution is 2.11. The zero-order valence-electron chi connectivity index (χ0n) is 12.1. The van der Waals surface area contributed by atoms with Gasteiger partial charge in [0, 0.05) is 12.7 Å². The first kappa shape index (κ1) is 16.6. The average Bonchev–Trinajstić information content (AvgIpc) is 2.79. The number of unbranched alkanes of at least 4 members (excludes halogenated alkanes) is 2. The summed E-state index contributed by atoms with van der Waals surface area (Å²) < 4.78 is 2.08. The third-order valence-electron chi connectivity index (χ3n) is 3.37. The maximum Gasteiger partial charge on any atom is 0.200 e. The van der Waals surface area contributed by atoms with Crippen LogP contribution in [-0.4, -0.2) is 9.55 Å². The number of anilines is 1. The van der Waals surface area contributed by atoms with Crippen LogP contribution in [0.15, 0.2) is 36.5 Å². The number of imidazole rings is 1. The monoisotopic (exact) mass is 293 g/mol. The molecule has 1 heterocycles. The van der Waals surface area contributed by atoms with Crippen molar-refractivity contribution in [3.05, 3.63) is 47.8 Å². The van der Waals surface area contributed by atoms with Crippen LogP contribution in [-0.2, 0) is 19.4 Å². The van der Waals surface area contributed by atoms with Gasteiger partial charge in [-0.1, -0.05) is 50.1 Å². The van der Waals surface area contributed by atoms with Crippen LogP contribution in [0.1, 0.15) is 37.4 Å². The van der Waals surface area contributed by atoms with Gasteiger partial charge in [0.05, 0.1) is 5.69 Å². The molecule has 0 amide bonds. The van der Waals surface area contributed by atoms with Crippen LogP contribution in [0.5, 0.6) is 0 Å². The number of aromatic nitrogens is 2. The molecule has 20 heavy (non-hydrogen) atoms. The van der Waals surface area contributed by atoms with Crippen molar-refractivity contribution in [2.45, 2.75) is 45.6 Å². The quantitative estimate of drug-likeness (QED) is 0.788. The standard InChI is InChI=1S/C16H23N3.ClH/c1-2-3-7-12-19-13-15(18-16(19)17)11-10-14-8-5-4-6-9-14;/h4-6,8-9,13H,2-3,7,10-12H2,1H3,(H2,17,18);1H. The number of aryl methyl sites for hydroxylation is 3. The number of benzene rings is 1. The smallest absolute Gasteiger partial charge is 0.200 e. The van der Waals surface area contributed by atoms with Gasteiger partial charge in [-0.05, 0) is 24.8 Å². The minimum Gasteiger partial charge on any atom is -0.369 e. The summed E-state index contributed by atoms with van der Waals surface area (Å²) in [5, 5.41) is 0. The molecule has 1 aromatic heterocycles. The largest absolute Gasteiger partial charge is 0.369 e. The molecule has 0 unspecified atom stereocenters. The Kier molecular flexibility index (Phi) is 7.16. The van der Waals surface area contributed by atoms with E-state index in [-0.39, 0.29) is 12.4 Å². The minimum atomic E-state index is 0. The van der Waals surface area contributed by atoms with Gasteiger partial charge in [0.1, 0.15) is 0 Å². The molecule has 0 spiro atoms. The molecule has 4 heteroatoms. The van der Waals surface area contributed by atoms with Crippen LogP contribution < -0.4 is 5.73 Å². The summed E-state index contributed by atoms with van der Waals surface area (Å²) in [5.41, 5.74) is 8.39. The normalized spacial score (nSPS) is 10.2. The van der Waals surface area contributed by atoms with E-state index in [0.717, 1.165) is 25.1 Å². The van der Waals surface area contributed by atoms with Crippen molar-refractivity contribution < 1.29 is 0 Å². The van der Waals surface area contributed by atoms with Crippen molar-refractivity contribution in [3.8, 4) is 0 Å². The van der Waals surface area contributed by atoms with Crippen LogP contribution in [0.3, 0.4) is 0 Å². The van der Waals surface area contributed by atoms with E-state index in [1.54, 1.807) is 0 Å². The summed E-state index contributed by atoms with van der Waals surface area (Å²) >= 11 is 0. The van der Waals surface area contributed by atoms with Gasteiger partial charge in [0.25, 0.3) is 0 Å². The molecule has 0 aliphatic carbocycles. The van der Waals surface area contributed by atoms with Crippen molar-refractivity contribution in [1.29, 1.82) is 0 Å². The summed E-state index contributed by atoms with van der Waals surface area (Å²) in [5.74, 6) is 0.652. The number of nitrogen functional groups attached to an aromatic ring is 1. The van der Waals surface area contributed by atoms with Gasteiger partial charge in [-0.2, -0.15) is 0 Å². The maximum atomic E-state index is 5.94. The Labute approximate surface area is 127 Å². The van der Waals surface area contributed by atoms with E-state index in [2.05, 4.69) is 46.9 Å². The molecule has 110 valence electrons. The van der Waals surface area contributed by atoms with Crippen molar-refractivity contribution in [2.75, 3.05) is 5.73 Å². The number of halogens is 1. The fourth-order valence-corrected chi connectivity index (χ4v) is 2.24. The highest BCUT2D eigenvalue weighted by Gasteiger charge is 2.04. The Bertz CT molecular complexity index is 494. The van der Waals surface area contributed by atoms with Gasteiger partial charge in [0.2, 0.25) is 0 Å². The average molecular weight is 294 g/mol. The Morgan fingerprint density at radius 2 is 1.85 bits per heavy atom. The molecule has 0 aliphatic rings. The number of nitrogens with two attached hydrogens (primary N) is 1. The molecule has 1 aromatic carbocycles. The van der Waals surface area contributed by atoms with Crippen LogP contribution in [0.2, 0.25) is 0 Å². The molecule has 0 atom stereocenters. The predicted molar refractivity (Wildman–Crippen MR) is 87.3 cm³/mol. The van der Waals surface area contributed by atoms with Gasteiger partial charge < -0.3 is 10.3 Å². The fraction of sp³-hybridized carbons (Fsp3) is 0.438. The molecular weight excluding hydrogens is 270 g/mol. The zero-order valence-corrected chi connectivity index (χ0v) is 12.9. The van der Waals surface area contributed by atoms with Crippen molar-refractivity contribution >= 4 is 18.4 Å². The van der Waals surface area contributed by atoms with Gasteiger partial charge >= 0.3 is 0 Å². The van der Waals surface area contributed by atoms with E-state index in [1.807, 2.05) is 6.07 Å². The zero-order chi connectivity index (χ0) is 13.5. The molecule has 0 saturated carbocycles. The first-order chi connectivity index (χ1) is 9.29. The number of hydrogen-bond acceptors (Lipinski definition) is 2. The molecule has 0 radical (unpaired) electrons. The van der Waals surface area contributed by atoms with Crippen LogP contribution in [0, 0.1) is 0 Å². The van der Waals surface area contributed by atoms with Gasteiger partial charge in [-0.25, -0.2) is 4.98 Å². The second-order valence-electron chi connectivity index (χ2n) is 4.98. The molecule has 0 bridgehead atoms. The summed E-state index contributed by atoms with van der Waals surface area (Å²) in [6.07, 6.45) is 7.73. The maximum absolute atomic E-state index is 5.94. The molecule has 2 aromatic rings. The summed E-state index contributed by atoms with van der Waals surface area (Å²) in [6, 6.07) is 10.5. The van der Waals surface area contributed by atoms with Crippen LogP contribution in [0.4, 0.5) is 5.95 Å². The first-order valence-corrected chi connectivity index (χ1v) is 7.15. The van der Waals surface area contributed by atoms with Gasteiger partial charge in [-0.15, -0.1) is 12.4 Å². The number of hydrogen-bond donors (Lipinski definition) is 1.